The van der Waals surface area contributed by atoms with Crippen molar-refractivity contribution in [1.82, 2.24) is 0 Å². The fraction of sp³-hybridized carbons (Fsp3) is 0.286. The molecule has 3 nitrogen and oxygen atoms in total. The van der Waals surface area contributed by atoms with Crippen LogP contribution >= 0.6 is 0 Å². The van der Waals surface area contributed by atoms with E-state index in [0.29, 0.717) is 17.7 Å². The lowest BCUT2D eigenvalue weighted by Crippen LogP contribution is -2.30. The number of halogens is 1. The lowest BCUT2D eigenvalue weighted by molar-refractivity contribution is -0.122. The second-order valence-electron chi connectivity index (χ2n) is 4.43. The molecule has 1 saturated heterocycles. The molecule has 1 aromatic rings. The SMILES string of the molecule is C=CC[C@@H]1CC(=O)N(c2ccc(C)c(F)c2)C1=O. The van der Waals surface area contributed by atoms with Crippen LogP contribution in [0.15, 0.2) is 30.9 Å². The third kappa shape index (κ3) is 2.06. The maximum absolute atomic E-state index is 13.5. The van der Waals surface area contributed by atoms with Crippen molar-refractivity contribution < 1.29 is 14.0 Å². The van der Waals surface area contributed by atoms with E-state index in [-0.39, 0.29) is 24.2 Å². The zero-order valence-corrected chi connectivity index (χ0v) is 10.1. The van der Waals surface area contributed by atoms with Crippen molar-refractivity contribution in [3.8, 4) is 0 Å². The van der Waals surface area contributed by atoms with Crippen molar-refractivity contribution in [3.63, 3.8) is 0 Å². The highest BCUT2D eigenvalue weighted by Crippen LogP contribution is 2.29. The number of nitrogens with zero attached hydrogens (tertiary/aromatic N) is 1. The molecule has 1 heterocycles. The number of anilines is 1. The first-order valence-electron chi connectivity index (χ1n) is 5.78. The minimum Gasteiger partial charge on any atom is -0.274 e. The predicted molar refractivity (Wildman–Crippen MR) is 66.6 cm³/mol. The van der Waals surface area contributed by atoms with Crippen molar-refractivity contribution in [2.45, 2.75) is 19.8 Å². The molecule has 0 unspecified atom stereocenters. The summed E-state index contributed by atoms with van der Waals surface area (Å²) in [6.07, 6.45) is 2.25. The van der Waals surface area contributed by atoms with Gasteiger partial charge in [-0.25, -0.2) is 4.39 Å². The molecule has 0 aliphatic carbocycles. The van der Waals surface area contributed by atoms with Crippen molar-refractivity contribution in [3.05, 3.63) is 42.2 Å². The molecule has 2 amide bonds. The molecule has 0 N–H and O–H groups in total. The van der Waals surface area contributed by atoms with E-state index in [1.165, 1.54) is 6.07 Å². The topological polar surface area (TPSA) is 37.4 Å². The second kappa shape index (κ2) is 4.72. The molecule has 0 aromatic heterocycles. The Morgan fingerprint density at radius 3 is 2.83 bits per heavy atom. The molecular weight excluding hydrogens is 233 g/mol. The van der Waals surface area contributed by atoms with Crippen molar-refractivity contribution in [2.24, 2.45) is 5.92 Å². The fourth-order valence-electron chi connectivity index (χ4n) is 2.07. The molecule has 1 atom stereocenters. The Morgan fingerprint density at radius 1 is 1.50 bits per heavy atom. The van der Waals surface area contributed by atoms with Gasteiger partial charge in [0.1, 0.15) is 5.82 Å². The summed E-state index contributed by atoms with van der Waals surface area (Å²) in [5.74, 6) is -1.34. The molecule has 0 radical (unpaired) electrons. The molecule has 94 valence electrons. The summed E-state index contributed by atoms with van der Waals surface area (Å²) in [6, 6.07) is 4.37. The van der Waals surface area contributed by atoms with E-state index in [4.69, 9.17) is 0 Å². The minimum absolute atomic E-state index is 0.167. The Hall–Kier alpha value is -1.97. The van der Waals surface area contributed by atoms with Crippen LogP contribution in [0.5, 0.6) is 0 Å². The molecule has 2 rings (SSSR count). The predicted octanol–water partition coefficient (Wildman–Crippen LogP) is 2.59. The highest BCUT2D eigenvalue weighted by Gasteiger charge is 2.38. The Labute approximate surface area is 105 Å². The van der Waals surface area contributed by atoms with E-state index in [1.807, 2.05) is 0 Å². The lowest BCUT2D eigenvalue weighted by Gasteiger charge is -2.15. The van der Waals surface area contributed by atoms with Crippen LogP contribution in [0, 0.1) is 18.7 Å². The summed E-state index contributed by atoms with van der Waals surface area (Å²) in [6.45, 7) is 5.20. The number of hydrogen-bond donors (Lipinski definition) is 0. The largest absolute Gasteiger partial charge is 0.274 e. The van der Waals surface area contributed by atoms with Crippen LogP contribution in [-0.4, -0.2) is 11.8 Å². The Morgan fingerprint density at radius 2 is 2.22 bits per heavy atom. The van der Waals surface area contributed by atoms with Crippen LogP contribution in [0.4, 0.5) is 10.1 Å². The zero-order chi connectivity index (χ0) is 13.3. The number of benzene rings is 1. The summed E-state index contributed by atoms with van der Waals surface area (Å²) in [7, 11) is 0. The van der Waals surface area contributed by atoms with Crippen LogP contribution < -0.4 is 4.90 Å². The van der Waals surface area contributed by atoms with Crippen molar-refractivity contribution >= 4 is 17.5 Å². The van der Waals surface area contributed by atoms with Gasteiger partial charge in [0.05, 0.1) is 11.6 Å². The number of hydrogen-bond acceptors (Lipinski definition) is 2. The molecular formula is C14H14FNO2. The molecule has 0 spiro atoms. The molecule has 0 saturated carbocycles. The van der Waals surface area contributed by atoms with Crippen LogP contribution in [-0.2, 0) is 9.59 Å². The first-order valence-corrected chi connectivity index (χ1v) is 5.78. The smallest absolute Gasteiger partial charge is 0.237 e. The van der Waals surface area contributed by atoms with Crippen LogP contribution in [0.2, 0.25) is 0 Å². The van der Waals surface area contributed by atoms with E-state index in [0.717, 1.165) is 4.90 Å². The van der Waals surface area contributed by atoms with Gasteiger partial charge in [0.25, 0.3) is 0 Å². The minimum atomic E-state index is -0.416. The number of rotatable bonds is 3. The quantitative estimate of drug-likeness (QED) is 0.608. The second-order valence-corrected chi connectivity index (χ2v) is 4.43. The monoisotopic (exact) mass is 247 g/mol. The maximum Gasteiger partial charge on any atom is 0.237 e. The van der Waals surface area contributed by atoms with Gasteiger partial charge in [-0.05, 0) is 31.0 Å². The third-order valence-corrected chi connectivity index (χ3v) is 3.10. The van der Waals surface area contributed by atoms with Gasteiger partial charge in [0.2, 0.25) is 11.8 Å². The lowest BCUT2D eigenvalue weighted by atomic mass is 10.0. The molecule has 0 bridgehead atoms. The molecule has 1 aliphatic rings. The van der Waals surface area contributed by atoms with Gasteiger partial charge in [0.15, 0.2) is 0 Å². The Kier molecular flexibility index (Phi) is 3.28. The van der Waals surface area contributed by atoms with Crippen molar-refractivity contribution in [2.75, 3.05) is 4.90 Å². The van der Waals surface area contributed by atoms with Gasteiger partial charge in [-0.1, -0.05) is 12.1 Å². The molecule has 4 heteroatoms. The highest BCUT2D eigenvalue weighted by molar-refractivity contribution is 6.20. The first kappa shape index (κ1) is 12.5. The average Bonchev–Trinajstić information content (AvgIpc) is 2.59. The average molecular weight is 247 g/mol. The van der Waals surface area contributed by atoms with Crippen LogP contribution in [0.25, 0.3) is 0 Å². The number of allylic oxidation sites excluding steroid dienone is 1. The zero-order valence-electron chi connectivity index (χ0n) is 10.1. The summed E-state index contributed by atoms with van der Waals surface area (Å²) in [4.78, 5) is 24.9. The van der Waals surface area contributed by atoms with E-state index in [1.54, 1.807) is 25.1 Å². The third-order valence-electron chi connectivity index (χ3n) is 3.10. The van der Waals surface area contributed by atoms with Gasteiger partial charge in [-0.2, -0.15) is 0 Å². The number of amides is 2. The van der Waals surface area contributed by atoms with Gasteiger partial charge in [-0.3, -0.25) is 14.5 Å². The summed E-state index contributed by atoms with van der Waals surface area (Å²) < 4.78 is 13.5. The maximum atomic E-state index is 13.5. The summed E-state index contributed by atoms with van der Waals surface area (Å²) in [5, 5.41) is 0. The van der Waals surface area contributed by atoms with Crippen LogP contribution in [0.3, 0.4) is 0 Å². The number of aryl methyl sites for hydroxylation is 1. The van der Waals surface area contributed by atoms with E-state index in [2.05, 4.69) is 6.58 Å². The normalized spacial score (nSPS) is 19.4. The number of carbonyl (C=O) groups excluding carboxylic acids is 2. The molecule has 18 heavy (non-hydrogen) atoms. The molecule has 1 aliphatic heterocycles. The van der Waals surface area contributed by atoms with Gasteiger partial charge in [-0.15, -0.1) is 6.58 Å². The molecule has 1 fully saturated rings. The standard InChI is InChI=1S/C14H14FNO2/c1-3-4-10-7-13(17)16(14(10)18)11-6-5-9(2)12(15)8-11/h3,5-6,8,10H,1,4,7H2,2H3/t10-/m1/s1. The Bertz CT molecular complexity index is 525. The Balaban J connectivity index is 2.32. The number of imide groups is 1. The van der Waals surface area contributed by atoms with E-state index >= 15 is 0 Å². The fourth-order valence-corrected chi connectivity index (χ4v) is 2.07. The van der Waals surface area contributed by atoms with Gasteiger partial charge < -0.3 is 0 Å². The summed E-state index contributed by atoms with van der Waals surface area (Å²) in [5.41, 5.74) is 0.792. The highest BCUT2D eigenvalue weighted by atomic mass is 19.1. The van der Waals surface area contributed by atoms with Gasteiger partial charge in [0, 0.05) is 6.42 Å². The van der Waals surface area contributed by atoms with E-state index in [9.17, 15) is 14.0 Å². The van der Waals surface area contributed by atoms with Gasteiger partial charge >= 0.3 is 0 Å². The molecule has 1 aromatic carbocycles. The first-order chi connectivity index (χ1) is 8.54. The van der Waals surface area contributed by atoms with Crippen LogP contribution in [0.1, 0.15) is 18.4 Å². The summed E-state index contributed by atoms with van der Waals surface area (Å²) >= 11 is 0. The number of carbonyl (C=O) groups is 2. The van der Waals surface area contributed by atoms with Crippen molar-refractivity contribution in [1.29, 1.82) is 0 Å². The van der Waals surface area contributed by atoms with E-state index < -0.39 is 5.82 Å².